The Bertz CT molecular complexity index is 1420. The predicted molar refractivity (Wildman–Crippen MR) is 131 cm³/mol. The number of ether oxygens (including phenoxy) is 3. The molecule has 0 bridgehead atoms. The maximum absolute atomic E-state index is 12.9. The largest absolute Gasteiger partial charge is 0.490 e. The van der Waals surface area contributed by atoms with Crippen LogP contribution in [0.3, 0.4) is 0 Å². The summed E-state index contributed by atoms with van der Waals surface area (Å²) in [4.78, 5) is 24.6. The average Bonchev–Trinajstić information content (AvgIpc) is 3.22. The van der Waals surface area contributed by atoms with Crippen molar-refractivity contribution >= 4 is 23.1 Å². The highest BCUT2D eigenvalue weighted by Crippen LogP contribution is 2.34. The minimum atomic E-state index is -3.04. The van der Waals surface area contributed by atoms with E-state index in [1.165, 1.54) is 19.4 Å². The molecule has 0 aliphatic carbocycles. The van der Waals surface area contributed by atoms with Gasteiger partial charge in [0.05, 0.1) is 24.2 Å². The van der Waals surface area contributed by atoms with Gasteiger partial charge in [0.25, 0.3) is 0 Å². The topological polar surface area (TPSA) is 113 Å². The van der Waals surface area contributed by atoms with Crippen molar-refractivity contribution in [3.8, 4) is 22.8 Å². The van der Waals surface area contributed by atoms with E-state index >= 15 is 0 Å². The highest BCUT2D eigenvalue weighted by Gasteiger charge is 2.30. The fraction of sp³-hybridized carbons (Fsp3) is 0.320. The zero-order valence-corrected chi connectivity index (χ0v) is 21.0. The molecule has 0 fully saturated rings. The molecule has 0 aliphatic rings. The number of esters is 1. The van der Waals surface area contributed by atoms with E-state index < -0.39 is 18.0 Å². The summed E-state index contributed by atoms with van der Waals surface area (Å²) < 4.78 is 42.6. The number of hydrogen-bond acceptors (Lipinski definition) is 9. The second kappa shape index (κ2) is 10.3. The fourth-order valence-corrected chi connectivity index (χ4v) is 3.65. The van der Waals surface area contributed by atoms with Gasteiger partial charge in [-0.15, -0.1) is 0 Å². The third-order valence-corrected chi connectivity index (χ3v) is 5.38. The standard InChI is InChI=1S/C25H26F2N6O4/c1-14-8-20(30-15(2)29-14)31-21-10-17-9-16(6-7-33(17)32-21)18-11-22(37-24(26)27)28-12-19(18)36-13-25(3,4)23(34)35-5/h6-12,24H,13H2,1-5H3,(H,29,30,31,32). The van der Waals surface area contributed by atoms with Gasteiger partial charge in [-0.2, -0.15) is 13.9 Å². The van der Waals surface area contributed by atoms with Crippen molar-refractivity contribution in [3.63, 3.8) is 0 Å². The number of methoxy groups -OCH3 is 1. The Hall–Kier alpha value is -4.35. The minimum Gasteiger partial charge on any atom is -0.490 e. The first-order chi connectivity index (χ1) is 17.5. The number of fused-ring (bicyclic) bond motifs is 1. The molecule has 0 aromatic carbocycles. The van der Waals surface area contributed by atoms with E-state index in [-0.39, 0.29) is 18.2 Å². The lowest BCUT2D eigenvalue weighted by Gasteiger charge is -2.22. The zero-order chi connectivity index (χ0) is 26.7. The smallest absolute Gasteiger partial charge is 0.388 e. The van der Waals surface area contributed by atoms with Crippen LogP contribution >= 0.6 is 0 Å². The van der Waals surface area contributed by atoms with Crippen LogP contribution in [0.1, 0.15) is 25.4 Å². The average molecular weight is 513 g/mol. The van der Waals surface area contributed by atoms with Crippen LogP contribution in [0.5, 0.6) is 11.6 Å². The second-order valence-electron chi connectivity index (χ2n) is 8.94. The summed E-state index contributed by atoms with van der Waals surface area (Å²) in [6.45, 7) is 3.97. The van der Waals surface area contributed by atoms with Crippen LogP contribution in [0.25, 0.3) is 16.6 Å². The van der Waals surface area contributed by atoms with Gasteiger partial charge in [0.2, 0.25) is 5.88 Å². The van der Waals surface area contributed by atoms with Gasteiger partial charge in [-0.3, -0.25) is 4.79 Å². The maximum Gasteiger partial charge on any atom is 0.388 e. The molecule has 0 amide bonds. The fourth-order valence-electron chi connectivity index (χ4n) is 3.65. The van der Waals surface area contributed by atoms with Crippen molar-refractivity contribution in [3.05, 3.63) is 54.2 Å². The molecule has 37 heavy (non-hydrogen) atoms. The Kier molecular flexibility index (Phi) is 7.18. The summed E-state index contributed by atoms with van der Waals surface area (Å²) in [6.07, 6.45) is 3.01. The first kappa shape index (κ1) is 25.7. The van der Waals surface area contributed by atoms with Gasteiger partial charge in [-0.05, 0) is 45.4 Å². The first-order valence-electron chi connectivity index (χ1n) is 11.3. The lowest BCUT2D eigenvalue weighted by atomic mass is 9.95. The molecule has 0 saturated heterocycles. The molecule has 194 valence electrons. The number of halogens is 2. The van der Waals surface area contributed by atoms with Gasteiger partial charge in [-0.25, -0.2) is 19.5 Å². The monoisotopic (exact) mass is 512 g/mol. The van der Waals surface area contributed by atoms with Crippen molar-refractivity contribution in [1.29, 1.82) is 0 Å². The molecular formula is C25H26F2N6O4. The number of alkyl halides is 2. The van der Waals surface area contributed by atoms with E-state index in [1.54, 1.807) is 37.5 Å². The Balaban J connectivity index is 1.67. The third kappa shape index (κ3) is 6.08. The minimum absolute atomic E-state index is 0.0236. The van der Waals surface area contributed by atoms with Gasteiger partial charge < -0.3 is 19.5 Å². The van der Waals surface area contributed by atoms with Crippen LogP contribution in [-0.4, -0.2) is 50.9 Å². The van der Waals surface area contributed by atoms with Crippen molar-refractivity contribution in [1.82, 2.24) is 24.6 Å². The molecule has 0 radical (unpaired) electrons. The van der Waals surface area contributed by atoms with Gasteiger partial charge in [0, 0.05) is 35.7 Å². The van der Waals surface area contributed by atoms with Gasteiger partial charge in [0.15, 0.2) is 5.82 Å². The predicted octanol–water partition coefficient (Wildman–Crippen LogP) is 4.73. The number of nitrogens with zero attached hydrogens (tertiary/aromatic N) is 5. The number of nitrogens with one attached hydrogen (secondary N) is 1. The second-order valence-corrected chi connectivity index (χ2v) is 8.94. The molecule has 4 heterocycles. The summed E-state index contributed by atoms with van der Waals surface area (Å²) in [7, 11) is 1.30. The van der Waals surface area contributed by atoms with Crippen LogP contribution in [0, 0.1) is 19.3 Å². The SMILES string of the molecule is COC(=O)C(C)(C)COc1cnc(OC(F)F)cc1-c1ccn2nc(Nc3cc(C)nc(C)n3)cc2c1. The number of aryl methyl sites for hydroxylation is 2. The molecular weight excluding hydrogens is 486 g/mol. The first-order valence-corrected chi connectivity index (χ1v) is 11.3. The van der Waals surface area contributed by atoms with E-state index in [0.29, 0.717) is 28.6 Å². The molecule has 0 atom stereocenters. The number of carbonyl (C=O) groups is 1. The quantitative estimate of drug-likeness (QED) is 0.318. The molecule has 10 nitrogen and oxygen atoms in total. The molecule has 0 spiro atoms. The highest BCUT2D eigenvalue weighted by atomic mass is 19.3. The summed E-state index contributed by atoms with van der Waals surface area (Å²) in [5.74, 6) is 1.37. The summed E-state index contributed by atoms with van der Waals surface area (Å²) in [5.41, 5.74) is 1.68. The van der Waals surface area contributed by atoms with E-state index in [1.807, 2.05) is 25.1 Å². The maximum atomic E-state index is 12.9. The van der Waals surface area contributed by atoms with Crippen molar-refractivity contribution in [2.24, 2.45) is 5.41 Å². The van der Waals surface area contributed by atoms with Crippen LogP contribution in [0.15, 0.2) is 42.7 Å². The lowest BCUT2D eigenvalue weighted by molar-refractivity contribution is -0.152. The summed E-state index contributed by atoms with van der Waals surface area (Å²) in [6, 6.07) is 8.55. The van der Waals surface area contributed by atoms with Crippen LogP contribution in [0.4, 0.5) is 20.4 Å². The van der Waals surface area contributed by atoms with Crippen LogP contribution in [-0.2, 0) is 9.53 Å². The van der Waals surface area contributed by atoms with Crippen LogP contribution in [0.2, 0.25) is 0 Å². The number of carbonyl (C=O) groups excluding carboxylic acids is 1. The number of aromatic nitrogens is 5. The van der Waals surface area contributed by atoms with Gasteiger partial charge in [-0.1, -0.05) is 0 Å². The summed E-state index contributed by atoms with van der Waals surface area (Å²) in [5, 5.41) is 7.67. The normalized spacial score (nSPS) is 11.6. The molecule has 12 heteroatoms. The molecule has 4 aromatic rings. The van der Waals surface area contributed by atoms with Crippen molar-refractivity contribution in [2.45, 2.75) is 34.3 Å². The molecule has 4 aromatic heterocycles. The van der Waals surface area contributed by atoms with Gasteiger partial charge in [0.1, 0.15) is 24.0 Å². The Morgan fingerprint density at radius 1 is 1.14 bits per heavy atom. The molecule has 0 aliphatic heterocycles. The highest BCUT2D eigenvalue weighted by molar-refractivity contribution is 5.77. The van der Waals surface area contributed by atoms with E-state index in [4.69, 9.17) is 9.47 Å². The molecule has 4 rings (SSSR count). The van der Waals surface area contributed by atoms with Crippen LogP contribution < -0.4 is 14.8 Å². The summed E-state index contributed by atoms with van der Waals surface area (Å²) >= 11 is 0. The lowest BCUT2D eigenvalue weighted by Crippen LogP contribution is -2.32. The Labute approximate surface area is 211 Å². The van der Waals surface area contributed by atoms with E-state index in [9.17, 15) is 13.6 Å². The van der Waals surface area contributed by atoms with Gasteiger partial charge >= 0.3 is 12.6 Å². The number of pyridine rings is 2. The molecule has 0 saturated carbocycles. The van der Waals surface area contributed by atoms with Crippen molar-refractivity contribution < 1.29 is 27.8 Å². The van der Waals surface area contributed by atoms with Crippen molar-refractivity contribution in [2.75, 3.05) is 19.0 Å². The molecule has 0 unspecified atom stereocenters. The number of anilines is 2. The Morgan fingerprint density at radius 3 is 2.62 bits per heavy atom. The molecule has 1 N–H and O–H groups in total. The third-order valence-electron chi connectivity index (χ3n) is 5.38. The zero-order valence-electron chi connectivity index (χ0n) is 21.0. The number of rotatable bonds is 9. The van der Waals surface area contributed by atoms with E-state index in [0.717, 1.165) is 11.2 Å². The number of hydrogen-bond donors (Lipinski definition) is 1. The Morgan fingerprint density at radius 2 is 1.92 bits per heavy atom. The van der Waals surface area contributed by atoms with E-state index in [2.05, 4.69) is 30.1 Å².